The van der Waals surface area contributed by atoms with Gasteiger partial charge in [-0.2, -0.15) is 0 Å². The molecule has 262 valence electrons. The van der Waals surface area contributed by atoms with E-state index in [-0.39, 0.29) is 0 Å². The van der Waals surface area contributed by atoms with Gasteiger partial charge < -0.3 is 14.4 Å². The Kier molecular flexibility index (Phi) is 9.74. The van der Waals surface area contributed by atoms with Crippen LogP contribution in [0.15, 0.2) is 65.1 Å². The van der Waals surface area contributed by atoms with Gasteiger partial charge in [0.05, 0.1) is 33.5 Å². The Hall–Kier alpha value is -4.90. The van der Waals surface area contributed by atoms with Gasteiger partial charge in [0.2, 0.25) is 11.8 Å². The summed E-state index contributed by atoms with van der Waals surface area (Å²) in [7, 11) is 0. The molecule has 0 amide bonds. The molecule has 0 saturated carbocycles. The first kappa shape index (κ1) is 34.5. The minimum atomic E-state index is 0.681. The van der Waals surface area contributed by atoms with E-state index >= 15 is 0 Å². The number of allylic oxidation sites excluding steroid dienone is 4. The highest BCUT2D eigenvalue weighted by atomic mass is 16.4. The average Bonchev–Trinajstić information content (AvgIpc) is 3.91. The van der Waals surface area contributed by atoms with E-state index in [0.29, 0.717) is 11.8 Å². The van der Waals surface area contributed by atoms with Crippen molar-refractivity contribution in [3.63, 3.8) is 0 Å². The Labute approximate surface area is 303 Å². The van der Waals surface area contributed by atoms with Gasteiger partial charge in [-0.05, 0) is 95.9 Å². The van der Waals surface area contributed by atoms with Crippen LogP contribution in [0.3, 0.4) is 0 Å². The van der Waals surface area contributed by atoms with E-state index in [9.17, 15) is 0 Å². The van der Waals surface area contributed by atoms with Gasteiger partial charge in [0.25, 0.3) is 0 Å². The molecule has 2 N–H and O–H groups in total. The fourth-order valence-electron chi connectivity index (χ4n) is 8.76. The molecule has 0 aliphatic carbocycles. The summed E-state index contributed by atoms with van der Waals surface area (Å²) in [6.07, 6.45) is 7.01. The van der Waals surface area contributed by atoms with Crippen molar-refractivity contribution in [3.05, 3.63) is 106 Å². The Morgan fingerprint density at radius 1 is 0.412 bits per heavy atom. The van der Waals surface area contributed by atoms with Crippen molar-refractivity contribution in [3.8, 4) is 22.3 Å². The number of hydrogen-bond donors (Lipinski definition) is 2. The van der Waals surface area contributed by atoms with Gasteiger partial charge in [-0.25, -0.2) is 9.97 Å². The fourth-order valence-corrected chi connectivity index (χ4v) is 8.76. The Morgan fingerprint density at radius 2 is 0.745 bits per heavy atom. The molecule has 0 fully saturated rings. The Bertz CT molecular complexity index is 2160. The van der Waals surface area contributed by atoms with Crippen LogP contribution in [-0.4, -0.2) is 19.9 Å². The van der Waals surface area contributed by atoms with Gasteiger partial charge in [0, 0.05) is 22.3 Å². The first-order chi connectivity index (χ1) is 25.0. The van der Waals surface area contributed by atoms with Crippen LogP contribution in [0.2, 0.25) is 0 Å². The molecular formula is C46H52N4O. The molecule has 0 unspecified atom stereocenters. The van der Waals surface area contributed by atoms with Crippen molar-refractivity contribution in [2.45, 2.75) is 107 Å². The largest absolute Gasteiger partial charge is 0.420 e. The van der Waals surface area contributed by atoms with Crippen molar-refractivity contribution in [2.75, 3.05) is 0 Å². The van der Waals surface area contributed by atoms with Crippen LogP contribution in [0.1, 0.15) is 126 Å². The van der Waals surface area contributed by atoms with E-state index in [2.05, 4.69) is 126 Å². The number of aryl methyl sites for hydroxylation is 4. The third kappa shape index (κ3) is 5.53. The summed E-state index contributed by atoms with van der Waals surface area (Å²) >= 11 is 0. The summed E-state index contributed by atoms with van der Waals surface area (Å²) in [6, 6.07) is 21.6. The summed E-state index contributed by atoms with van der Waals surface area (Å²) in [6.45, 7) is 18.1. The lowest BCUT2D eigenvalue weighted by Crippen LogP contribution is -1.92. The number of hydrogen-bond acceptors (Lipinski definition) is 3. The molecule has 5 heteroatoms. The van der Waals surface area contributed by atoms with Crippen molar-refractivity contribution in [1.29, 1.82) is 0 Å². The van der Waals surface area contributed by atoms with Gasteiger partial charge in [0.15, 0.2) is 0 Å². The third-order valence-corrected chi connectivity index (χ3v) is 11.0. The Morgan fingerprint density at radius 3 is 1.06 bits per heavy atom. The van der Waals surface area contributed by atoms with Crippen molar-refractivity contribution in [2.24, 2.45) is 0 Å². The summed E-state index contributed by atoms with van der Waals surface area (Å²) in [5.41, 5.74) is 21.6. The molecule has 0 radical (unpaired) electrons. The van der Waals surface area contributed by atoms with Crippen LogP contribution in [0.4, 0.5) is 0 Å². The van der Waals surface area contributed by atoms with Gasteiger partial charge in [-0.3, -0.25) is 0 Å². The number of aromatic nitrogens is 4. The topological polar surface area (TPSA) is 70.5 Å². The highest BCUT2D eigenvalue weighted by Gasteiger charge is 2.30. The van der Waals surface area contributed by atoms with Gasteiger partial charge in [0.1, 0.15) is 0 Å². The molecule has 8 bridgehead atoms. The summed E-state index contributed by atoms with van der Waals surface area (Å²) in [5, 5.41) is 0. The molecule has 0 atom stereocenters. The maximum atomic E-state index is 7.02. The molecule has 0 saturated heterocycles. The second kappa shape index (κ2) is 14.4. The predicted molar refractivity (Wildman–Crippen MR) is 216 cm³/mol. The maximum absolute atomic E-state index is 7.02. The number of aromatic amines is 2. The zero-order valence-electron chi connectivity index (χ0n) is 31.7. The maximum Gasteiger partial charge on any atom is 0.225 e. The molecular weight excluding hydrogens is 625 g/mol. The second-order valence-electron chi connectivity index (χ2n) is 13.5. The number of benzene rings is 2. The lowest BCUT2D eigenvalue weighted by molar-refractivity contribution is 0.489. The summed E-state index contributed by atoms with van der Waals surface area (Å²) in [5.74, 6) is 1.36. The van der Waals surface area contributed by atoms with Crippen molar-refractivity contribution in [1.82, 2.24) is 19.9 Å². The normalized spacial score (nSPS) is 13.2. The highest BCUT2D eigenvalue weighted by Crippen LogP contribution is 2.46. The fraction of sp³-hybridized carbons (Fsp3) is 0.348. The van der Waals surface area contributed by atoms with E-state index in [0.717, 1.165) is 96.0 Å². The van der Waals surface area contributed by atoms with Crippen LogP contribution in [-0.2, 0) is 25.7 Å². The van der Waals surface area contributed by atoms with Crippen molar-refractivity contribution < 1.29 is 4.42 Å². The van der Waals surface area contributed by atoms with Crippen LogP contribution in [0.5, 0.6) is 0 Å². The summed E-state index contributed by atoms with van der Waals surface area (Å²) < 4.78 is 7.02. The quantitative estimate of drug-likeness (QED) is 0.155. The average molecular weight is 677 g/mol. The highest BCUT2D eigenvalue weighted by molar-refractivity contribution is 6.04. The van der Waals surface area contributed by atoms with Gasteiger partial charge >= 0.3 is 0 Å². The minimum Gasteiger partial charge on any atom is -0.420 e. The molecule has 5 heterocycles. The molecule has 2 aromatic carbocycles. The van der Waals surface area contributed by atoms with Crippen LogP contribution in [0.25, 0.3) is 66.6 Å². The van der Waals surface area contributed by atoms with Crippen molar-refractivity contribution >= 4 is 44.4 Å². The van der Waals surface area contributed by atoms with Crippen LogP contribution < -0.4 is 0 Å². The van der Waals surface area contributed by atoms with E-state index in [1.165, 1.54) is 55.6 Å². The first-order valence-corrected chi connectivity index (χ1v) is 19.4. The zero-order valence-corrected chi connectivity index (χ0v) is 31.7. The molecule has 5 aromatic rings. The minimum absolute atomic E-state index is 0.681. The Balaban J connectivity index is 1.85. The molecule has 5 nitrogen and oxygen atoms in total. The molecule has 7 rings (SSSR count). The predicted octanol–water partition coefficient (Wildman–Crippen LogP) is 13.0. The van der Waals surface area contributed by atoms with Crippen LogP contribution >= 0.6 is 0 Å². The third-order valence-electron chi connectivity index (χ3n) is 11.0. The number of H-pyrrole nitrogens is 2. The standard InChI is InChI=1S/C46H52N4O/c1-9-29-31(11-3)43-44-32(12-4)30(10-2)40(48-44)38(28-25-21-18-22-26-28)42-34(14-6)36(16-8)46(50-42)51-45-35(15-7)33(13-5)41(49-45)37(39(29)47-43)27-23-19-17-20-24-27/h17-26,47-48H,9-16H2,1-8H3. The number of nitrogens with zero attached hydrogens (tertiary/aromatic N) is 2. The number of nitrogens with one attached hydrogen (secondary N) is 2. The smallest absolute Gasteiger partial charge is 0.225 e. The zero-order chi connectivity index (χ0) is 35.8. The van der Waals surface area contributed by atoms with E-state index < -0.39 is 0 Å². The van der Waals surface area contributed by atoms with Gasteiger partial charge in [-0.1, -0.05) is 116 Å². The molecule has 51 heavy (non-hydrogen) atoms. The van der Waals surface area contributed by atoms with Crippen LogP contribution in [0, 0.1) is 0 Å². The molecule has 0 spiro atoms. The number of fused-ring (bicyclic) bond motifs is 9. The number of rotatable bonds is 10. The molecule has 3 aromatic heterocycles. The van der Waals surface area contributed by atoms with E-state index in [1.807, 2.05) is 0 Å². The monoisotopic (exact) mass is 676 g/mol. The summed E-state index contributed by atoms with van der Waals surface area (Å²) in [4.78, 5) is 19.1. The molecule has 2 aliphatic rings. The van der Waals surface area contributed by atoms with E-state index in [4.69, 9.17) is 14.4 Å². The first-order valence-electron chi connectivity index (χ1n) is 19.4. The van der Waals surface area contributed by atoms with E-state index in [1.54, 1.807) is 0 Å². The molecule has 2 aliphatic heterocycles. The lowest BCUT2D eigenvalue weighted by atomic mass is 9.93. The lowest BCUT2D eigenvalue weighted by Gasteiger charge is -2.10. The second-order valence-corrected chi connectivity index (χ2v) is 13.5. The van der Waals surface area contributed by atoms with Gasteiger partial charge in [-0.15, -0.1) is 0 Å². The SMILES string of the molecule is CCC1=C(CC)c2nc1oc1nc(c(-c3ccccc3)c3[nH]c(c(CC)c3CC)c3[nH]c(c(CC)c3CC)c2-c2ccccc2)C(CC)=C1CC.